The van der Waals surface area contributed by atoms with E-state index in [-0.39, 0.29) is 6.10 Å². The molecular formula is C17H19Cl2NO2. The fourth-order valence-electron chi connectivity index (χ4n) is 1.93. The monoisotopic (exact) mass is 339 g/mol. The van der Waals surface area contributed by atoms with Crippen LogP contribution in [0.15, 0.2) is 42.5 Å². The Balaban J connectivity index is 1.86. The second-order valence-corrected chi connectivity index (χ2v) is 5.99. The van der Waals surface area contributed by atoms with Crippen LogP contribution >= 0.6 is 23.2 Å². The second-order valence-electron chi connectivity index (χ2n) is 5.15. The molecule has 0 bridgehead atoms. The summed E-state index contributed by atoms with van der Waals surface area (Å²) in [5, 5.41) is 13.6. The van der Waals surface area contributed by atoms with Crippen LogP contribution in [-0.4, -0.2) is 17.8 Å². The fraction of sp³-hybridized carbons (Fsp3) is 0.294. The van der Waals surface area contributed by atoms with Gasteiger partial charge in [0.15, 0.2) is 0 Å². The standard InChI is InChI=1S/C17H19Cl2NO2/c1-12(21)9-20-10-13-2-6-16(7-3-13)22-11-14-4-5-15(18)8-17(14)19/h2-8,12,20-21H,9-11H2,1H3/t12-/m1/s1. The largest absolute Gasteiger partial charge is 0.489 e. The van der Waals surface area contributed by atoms with E-state index < -0.39 is 0 Å². The molecule has 0 aliphatic rings. The molecule has 118 valence electrons. The number of hydrogen-bond donors (Lipinski definition) is 2. The molecule has 0 saturated heterocycles. The third-order valence-corrected chi connectivity index (χ3v) is 3.69. The van der Waals surface area contributed by atoms with Gasteiger partial charge in [0.25, 0.3) is 0 Å². The van der Waals surface area contributed by atoms with E-state index in [2.05, 4.69) is 5.32 Å². The van der Waals surface area contributed by atoms with E-state index in [0.717, 1.165) is 16.9 Å². The Morgan fingerprint density at radius 2 is 1.86 bits per heavy atom. The van der Waals surface area contributed by atoms with Crippen LogP contribution in [0, 0.1) is 0 Å². The second kappa shape index (κ2) is 8.39. The lowest BCUT2D eigenvalue weighted by Gasteiger charge is -2.10. The SMILES string of the molecule is C[C@@H](O)CNCc1ccc(OCc2ccc(Cl)cc2Cl)cc1. The Bertz CT molecular complexity index is 600. The van der Waals surface area contributed by atoms with E-state index in [1.165, 1.54) is 0 Å². The van der Waals surface area contributed by atoms with Crippen molar-refractivity contribution < 1.29 is 9.84 Å². The van der Waals surface area contributed by atoms with Gasteiger partial charge in [-0.05, 0) is 36.8 Å². The van der Waals surface area contributed by atoms with E-state index in [1.807, 2.05) is 30.3 Å². The molecule has 3 nitrogen and oxygen atoms in total. The number of hydrogen-bond acceptors (Lipinski definition) is 3. The molecular weight excluding hydrogens is 321 g/mol. The van der Waals surface area contributed by atoms with Crippen LogP contribution in [0.4, 0.5) is 0 Å². The van der Waals surface area contributed by atoms with Crippen LogP contribution in [0.1, 0.15) is 18.1 Å². The van der Waals surface area contributed by atoms with Crippen LogP contribution in [0.25, 0.3) is 0 Å². The summed E-state index contributed by atoms with van der Waals surface area (Å²) in [6.07, 6.45) is -0.341. The Morgan fingerprint density at radius 3 is 2.50 bits per heavy atom. The molecule has 0 saturated carbocycles. The molecule has 22 heavy (non-hydrogen) atoms. The number of nitrogens with one attached hydrogen (secondary N) is 1. The van der Waals surface area contributed by atoms with Crippen molar-refractivity contribution in [2.45, 2.75) is 26.2 Å². The molecule has 0 aliphatic heterocycles. The minimum atomic E-state index is -0.341. The molecule has 0 amide bonds. The first-order valence-corrected chi connectivity index (χ1v) is 7.84. The zero-order valence-corrected chi connectivity index (χ0v) is 13.9. The summed E-state index contributed by atoms with van der Waals surface area (Å²) >= 11 is 12.0. The lowest BCUT2D eigenvalue weighted by Crippen LogP contribution is -2.23. The van der Waals surface area contributed by atoms with Crippen molar-refractivity contribution in [3.63, 3.8) is 0 Å². The number of halogens is 2. The van der Waals surface area contributed by atoms with Gasteiger partial charge in [-0.2, -0.15) is 0 Å². The quantitative estimate of drug-likeness (QED) is 0.799. The molecule has 0 radical (unpaired) electrons. The topological polar surface area (TPSA) is 41.5 Å². The maximum atomic E-state index is 9.19. The summed E-state index contributed by atoms with van der Waals surface area (Å²) < 4.78 is 5.72. The Kier molecular flexibility index (Phi) is 6.52. The summed E-state index contributed by atoms with van der Waals surface area (Å²) in [7, 11) is 0. The predicted octanol–water partition coefficient (Wildman–Crippen LogP) is 4.04. The van der Waals surface area contributed by atoms with E-state index in [1.54, 1.807) is 19.1 Å². The first kappa shape index (κ1) is 17.1. The molecule has 0 spiro atoms. The highest BCUT2D eigenvalue weighted by molar-refractivity contribution is 6.35. The van der Waals surface area contributed by atoms with Gasteiger partial charge in [-0.1, -0.05) is 41.4 Å². The number of aliphatic hydroxyl groups excluding tert-OH is 1. The zero-order chi connectivity index (χ0) is 15.9. The smallest absolute Gasteiger partial charge is 0.119 e. The molecule has 1 atom stereocenters. The van der Waals surface area contributed by atoms with Crippen molar-refractivity contribution in [1.29, 1.82) is 0 Å². The fourth-order valence-corrected chi connectivity index (χ4v) is 2.39. The Labute approximate surface area is 140 Å². The van der Waals surface area contributed by atoms with Crippen molar-refractivity contribution in [2.24, 2.45) is 0 Å². The maximum Gasteiger partial charge on any atom is 0.119 e. The van der Waals surface area contributed by atoms with E-state index >= 15 is 0 Å². The average Bonchev–Trinajstić information content (AvgIpc) is 2.47. The normalized spacial score (nSPS) is 12.2. The minimum absolute atomic E-state index is 0.341. The summed E-state index contributed by atoms with van der Waals surface area (Å²) in [6, 6.07) is 13.2. The average molecular weight is 340 g/mol. The summed E-state index contributed by atoms with van der Waals surface area (Å²) in [6.45, 7) is 3.45. The van der Waals surface area contributed by atoms with Crippen LogP contribution < -0.4 is 10.1 Å². The van der Waals surface area contributed by atoms with Crippen molar-refractivity contribution in [3.05, 3.63) is 63.6 Å². The zero-order valence-electron chi connectivity index (χ0n) is 12.4. The van der Waals surface area contributed by atoms with Gasteiger partial charge in [-0.3, -0.25) is 0 Å². The Hall–Kier alpha value is -1.26. The molecule has 2 aromatic carbocycles. The van der Waals surface area contributed by atoms with Crippen LogP contribution in [0.3, 0.4) is 0 Å². The van der Waals surface area contributed by atoms with Crippen LogP contribution in [0.2, 0.25) is 10.0 Å². The highest BCUT2D eigenvalue weighted by atomic mass is 35.5. The molecule has 0 aromatic heterocycles. The van der Waals surface area contributed by atoms with Gasteiger partial charge in [0, 0.05) is 28.7 Å². The molecule has 0 aliphatic carbocycles. The minimum Gasteiger partial charge on any atom is -0.489 e. The van der Waals surface area contributed by atoms with Crippen LogP contribution in [-0.2, 0) is 13.2 Å². The van der Waals surface area contributed by atoms with Crippen molar-refractivity contribution >= 4 is 23.2 Å². The van der Waals surface area contributed by atoms with Crippen LogP contribution in [0.5, 0.6) is 5.75 Å². The number of rotatable bonds is 7. The van der Waals surface area contributed by atoms with Gasteiger partial charge in [-0.25, -0.2) is 0 Å². The van der Waals surface area contributed by atoms with Gasteiger partial charge < -0.3 is 15.2 Å². The number of aliphatic hydroxyl groups is 1. The van der Waals surface area contributed by atoms with Gasteiger partial charge in [0.05, 0.1) is 6.10 Å². The third kappa shape index (κ3) is 5.50. The van der Waals surface area contributed by atoms with Crippen molar-refractivity contribution in [2.75, 3.05) is 6.54 Å². The maximum absolute atomic E-state index is 9.19. The van der Waals surface area contributed by atoms with E-state index in [9.17, 15) is 5.11 Å². The van der Waals surface area contributed by atoms with E-state index in [4.69, 9.17) is 27.9 Å². The molecule has 0 unspecified atom stereocenters. The highest BCUT2D eigenvalue weighted by Crippen LogP contribution is 2.22. The lowest BCUT2D eigenvalue weighted by atomic mass is 10.2. The van der Waals surface area contributed by atoms with Gasteiger partial charge in [-0.15, -0.1) is 0 Å². The Morgan fingerprint density at radius 1 is 1.14 bits per heavy atom. The third-order valence-electron chi connectivity index (χ3n) is 3.10. The summed E-state index contributed by atoms with van der Waals surface area (Å²) in [5.41, 5.74) is 2.03. The number of ether oxygens (including phenoxy) is 1. The first-order valence-electron chi connectivity index (χ1n) is 7.09. The first-order chi connectivity index (χ1) is 10.5. The van der Waals surface area contributed by atoms with Crippen molar-refractivity contribution in [3.8, 4) is 5.75 Å². The van der Waals surface area contributed by atoms with Crippen molar-refractivity contribution in [1.82, 2.24) is 5.32 Å². The van der Waals surface area contributed by atoms with Gasteiger partial charge >= 0.3 is 0 Å². The molecule has 0 heterocycles. The summed E-state index contributed by atoms with van der Waals surface area (Å²) in [4.78, 5) is 0. The molecule has 5 heteroatoms. The van der Waals surface area contributed by atoms with Gasteiger partial charge in [0.1, 0.15) is 12.4 Å². The molecule has 2 N–H and O–H groups in total. The predicted molar refractivity (Wildman–Crippen MR) is 90.6 cm³/mol. The molecule has 0 fully saturated rings. The number of benzene rings is 2. The highest BCUT2D eigenvalue weighted by Gasteiger charge is 2.03. The molecule has 2 rings (SSSR count). The molecule has 2 aromatic rings. The van der Waals surface area contributed by atoms with Gasteiger partial charge in [0.2, 0.25) is 0 Å². The van der Waals surface area contributed by atoms with E-state index in [0.29, 0.717) is 29.7 Å². The summed E-state index contributed by atoms with van der Waals surface area (Å²) in [5.74, 6) is 0.783. The lowest BCUT2D eigenvalue weighted by molar-refractivity contribution is 0.191.